The van der Waals surface area contributed by atoms with Gasteiger partial charge in [0.1, 0.15) is 0 Å². The van der Waals surface area contributed by atoms with E-state index in [0.29, 0.717) is 10.8 Å². The first-order valence-corrected chi connectivity index (χ1v) is 11.3. The molecule has 1 aromatic heterocycles. The fourth-order valence-corrected chi connectivity index (χ4v) is 4.03. The average Bonchev–Trinajstić information content (AvgIpc) is 3.16. The number of nitrogens with zero attached hydrogens (tertiary/aromatic N) is 3. The minimum absolute atomic E-state index is 0.0648. The van der Waals surface area contributed by atoms with Gasteiger partial charge in [0.2, 0.25) is 11.8 Å². The van der Waals surface area contributed by atoms with Crippen molar-refractivity contribution < 1.29 is 9.59 Å². The second-order valence-corrected chi connectivity index (χ2v) is 8.96. The van der Waals surface area contributed by atoms with E-state index >= 15 is 0 Å². The highest BCUT2D eigenvalue weighted by Gasteiger charge is 2.22. The summed E-state index contributed by atoms with van der Waals surface area (Å²) in [5.41, 5.74) is 1.77. The van der Waals surface area contributed by atoms with Crippen LogP contribution in [0.4, 0.5) is 5.13 Å². The third-order valence-corrected chi connectivity index (χ3v) is 6.03. The summed E-state index contributed by atoms with van der Waals surface area (Å²) >= 11 is 1.35. The minimum Gasteiger partial charge on any atom is -0.348 e. The van der Waals surface area contributed by atoms with Gasteiger partial charge >= 0.3 is 0 Å². The van der Waals surface area contributed by atoms with Gasteiger partial charge in [0, 0.05) is 44.0 Å². The molecule has 8 heteroatoms. The zero-order valence-corrected chi connectivity index (χ0v) is 18.7. The number of likely N-dealkylation sites (N-methyl/N-ethyl adjacent to an activating group) is 1. The van der Waals surface area contributed by atoms with E-state index in [1.807, 2.05) is 37.4 Å². The molecule has 2 amide bonds. The molecular formula is C22H31N5O2S. The van der Waals surface area contributed by atoms with Crippen LogP contribution in [0.2, 0.25) is 0 Å². The molecule has 2 N–H and O–H groups in total. The van der Waals surface area contributed by atoms with Crippen LogP contribution >= 0.6 is 11.3 Å². The maximum atomic E-state index is 12.8. The molecule has 0 bridgehead atoms. The van der Waals surface area contributed by atoms with Crippen molar-refractivity contribution >= 4 is 28.3 Å². The Hall–Kier alpha value is -2.29. The number of rotatable bonds is 8. The quantitative estimate of drug-likeness (QED) is 0.674. The van der Waals surface area contributed by atoms with Gasteiger partial charge < -0.3 is 15.5 Å². The van der Waals surface area contributed by atoms with Crippen molar-refractivity contribution in [2.45, 2.75) is 26.3 Å². The van der Waals surface area contributed by atoms with Crippen LogP contribution in [0.15, 0.2) is 35.7 Å². The summed E-state index contributed by atoms with van der Waals surface area (Å²) in [6, 6.07) is 10.0. The Morgan fingerprint density at radius 3 is 2.50 bits per heavy atom. The van der Waals surface area contributed by atoms with Gasteiger partial charge in [-0.25, -0.2) is 4.98 Å². The Morgan fingerprint density at radius 1 is 1.13 bits per heavy atom. The van der Waals surface area contributed by atoms with Crippen LogP contribution < -0.4 is 10.6 Å². The molecule has 1 aliphatic heterocycles. The monoisotopic (exact) mass is 429 g/mol. The summed E-state index contributed by atoms with van der Waals surface area (Å²) in [5, 5.41) is 8.34. The summed E-state index contributed by atoms with van der Waals surface area (Å²) in [6.07, 6.45) is 0.195. The highest BCUT2D eigenvalue weighted by molar-refractivity contribution is 7.13. The number of aromatic nitrogens is 1. The lowest BCUT2D eigenvalue weighted by Crippen LogP contribution is -2.48. The fraction of sp³-hybridized carbons (Fsp3) is 0.500. The first kappa shape index (κ1) is 22.4. The van der Waals surface area contributed by atoms with E-state index < -0.39 is 0 Å². The Kier molecular flexibility index (Phi) is 7.95. The number of amides is 2. The van der Waals surface area contributed by atoms with E-state index in [4.69, 9.17) is 0 Å². The van der Waals surface area contributed by atoms with E-state index in [1.165, 1.54) is 11.3 Å². The Labute approximate surface area is 182 Å². The Balaban J connectivity index is 1.60. The van der Waals surface area contributed by atoms with Gasteiger partial charge in [-0.1, -0.05) is 44.2 Å². The molecule has 1 unspecified atom stereocenters. The van der Waals surface area contributed by atoms with Crippen molar-refractivity contribution in [3.05, 3.63) is 47.0 Å². The molecule has 162 valence electrons. The molecule has 1 atom stereocenters. The number of nitrogens with one attached hydrogen (secondary N) is 2. The molecule has 0 radical (unpaired) electrons. The van der Waals surface area contributed by atoms with Crippen molar-refractivity contribution in [1.29, 1.82) is 0 Å². The van der Waals surface area contributed by atoms with Gasteiger partial charge in [-0.2, -0.15) is 0 Å². The molecular weight excluding hydrogens is 398 g/mol. The number of benzene rings is 1. The highest BCUT2D eigenvalue weighted by Crippen LogP contribution is 2.19. The number of anilines is 1. The van der Waals surface area contributed by atoms with E-state index in [9.17, 15) is 9.59 Å². The summed E-state index contributed by atoms with van der Waals surface area (Å²) in [7, 11) is 2.14. The molecule has 1 saturated heterocycles. The molecule has 0 aliphatic carbocycles. The molecule has 0 spiro atoms. The number of piperazine rings is 1. The van der Waals surface area contributed by atoms with Gasteiger partial charge in [0.25, 0.3) is 0 Å². The lowest BCUT2D eigenvalue weighted by atomic mass is 10.1. The van der Waals surface area contributed by atoms with E-state index in [1.54, 1.807) is 0 Å². The molecule has 1 fully saturated rings. The van der Waals surface area contributed by atoms with Crippen LogP contribution in [0.3, 0.4) is 0 Å². The van der Waals surface area contributed by atoms with Crippen LogP contribution in [-0.2, 0) is 16.0 Å². The number of thiazole rings is 1. The lowest BCUT2D eigenvalue weighted by molar-refractivity contribution is -0.121. The van der Waals surface area contributed by atoms with Gasteiger partial charge in [0.15, 0.2) is 5.13 Å². The van der Waals surface area contributed by atoms with Crippen LogP contribution in [0.5, 0.6) is 0 Å². The smallest absolute Gasteiger partial charge is 0.228 e. The second-order valence-electron chi connectivity index (χ2n) is 8.10. The number of carbonyl (C=O) groups is 2. The second kappa shape index (κ2) is 10.7. The van der Waals surface area contributed by atoms with Crippen LogP contribution in [-0.4, -0.2) is 66.4 Å². The van der Waals surface area contributed by atoms with Crippen molar-refractivity contribution in [3.8, 4) is 0 Å². The normalized spacial score (nSPS) is 16.4. The lowest BCUT2D eigenvalue weighted by Gasteiger charge is -2.35. The molecule has 2 aromatic rings. The highest BCUT2D eigenvalue weighted by atomic mass is 32.1. The van der Waals surface area contributed by atoms with E-state index in [2.05, 4.69) is 44.6 Å². The molecule has 30 heavy (non-hydrogen) atoms. The van der Waals surface area contributed by atoms with Crippen LogP contribution in [0.25, 0.3) is 0 Å². The topological polar surface area (TPSA) is 77.6 Å². The van der Waals surface area contributed by atoms with Crippen molar-refractivity contribution in [2.24, 2.45) is 5.92 Å². The van der Waals surface area contributed by atoms with Gasteiger partial charge in [-0.3, -0.25) is 14.5 Å². The summed E-state index contributed by atoms with van der Waals surface area (Å²) in [6.45, 7) is 8.54. The van der Waals surface area contributed by atoms with E-state index in [0.717, 1.165) is 38.3 Å². The SMILES string of the molecule is CC(C)C(=O)Nc1nc(CC(=O)NC(CN2CCN(C)CC2)c2ccccc2)cs1. The number of hydrogen-bond donors (Lipinski definition) is 2. The Morgan fingerprint density at radius 2 is 1.83 bits per heavy atom. The minimum atomic E-state index is -0.109. The molecule has 3 rings (SSSR count). The maximum Gasteiger partial charge on any atom is 0.228 e. The molecule has 1 aliphatic rings. The van der Waals surface area contributed by atoms with Crippen LogP contribution in [0, 0.1) is 5.92 Å². The molecule has 1 aromatic carbocycles. The standard InChI is InChI=1S/C22H31N5O2S/c1-16(2)21(29)25-22-23-18(15-30-22)13-20(28)24-19(17-7-5-4-6-8-17)14-27-11-9-26(3)10-12-27/h4-8,15-16,19H,9-14H2,1-3H3,(H,24,28)(H,23,25,29). The average molecular weight is 430 g/mol. The molecule has 7 nitrogen and oxygen atoms in total. The third kappa shape index (κ3) is 6.62. The summed E-state index contributed by atoms with van der Waals surface area (Å²) in [4.78, 5) is 33.7. The summed E-state index contributed by atoms with van der Waals surface area (Å²) < 4.78 is 0. The third-order valence-electron chi connectivity index (χ3n) is 5.22. The largest absolute Gasteiger partial charge is 0.348 e. The predicted molar refractivity (Wildman–Crippen MR) is 121 cm³/mol. The first-order valence-electron chi connectivity index (χ1n) is 10.4. The van der Waals surface area contributed by atoms with Gasteiger partial charge in [0.05, 0.1) is 18.2 Å². The number of hydrogen-bond acceptors (Lipinski definition) is 6. The molecule has 0 saturated carbocycles. The molecule has 2 heterocycles. The maximum absolute atomic E-state index is 12.8. The van der Waals surface area contributed by atoms with Crippen molar-refractivity contribution in [1.82, 2.24) is 20.1 Å². The Bertz CT molecular complexity index is 831. The fourth-order valence-electron chi connectivity index (χ4n) is 3.31. The number of carbonyl (C=O) groups excluding carboxylic acids is 2. The zero-order chi connectivity index (χ0) is 21.5. The van der Waals surface area contributed by atoms with Gasteiger partial charge in [-0.05, 0) is 12.6 Å². The van der Waals surface area contributed by atoms with Crippen molar-refractivity contribution in [2.75, 3.05) is 45.1 Å². The van der Waals surface area contributed by atoms with E-state index in [-0.39, 0.29) is 30.2 Å². The van der Waals surface area contributed by atoms with Gasteiger partial charge in [-0.15, -0.1) is 11.3 Å². The van der Waals surface area contributed by atoms with Crippen molar-refractivity contribution in [3.63, 3.8) is 0 Å². The van der Waals surface area contributed by atoms with Crippen LogP contribution in [0.1, 0.15) is 31.1 Å². The predicted octanol–water partition coefficient (Wildman–Crippen LogP) is 2.39. The summed E-state index contributed by atoms with van der Waals surface area (Å²) in [5.74, 6) is -0.247. The zero-order valence-electron chi connectivity index (χ0n) is 17.9. The first-order chi connectivity index (χ1) is 14.4.